The van der Waals surface area contributed by atoms with Gasteiger partial charge in [-0.05, 0) is 68.1 Å². The molecular formula is C29H30F3N5O3. The van der Waals surface area contributed by atoms with Gasteiger partial charge in [0.1, 0.15) is 5.54 Å². The molecule has 210 valence electrons. The highest BCUT2D eigenvalue weighted by Crippen LogP contribution is 2.45. The summed E-state index contributed by atoms with van der Waals surface area (Å²) in [5, 5.41) is 3.65. The first-order valence-corrected chi connectivity index (χ1v) is 13.0. The quantitative estimate of drug-likeness (QED) is 0.478. The van der Waals surface area contributed by atoms with Crippen LogP contribution in [0.25, 0.3) is 10.9 Å². The lowest BCUT2D eigenvalue weighted by molar-refractivity contribution is -0.137. The molecule has 0 spiro atoms. The summed E-state index contributed by atoms with van der Waals surface area (Å²) in [4.78, 5) is 47.0. The van der Waals surface area contributed by atoms with Crippen molar-refractivity contribution in [2.24, 2.45) is 11.7 Å². The number of nitrogens with zero attached hydrogens (tertiary/aromatic N) is 3. The minimum Gasteiger partial charge on any atom is -0.368 e. The van der Waals surface area contributed by atoms with Crippen molar-refractivity contribution in [2.45, 2.75) is 50.9 Å². The molecule has 0 radical (unpaired) electrons. The monoisotopic (exact) mass is 553 g/mol. The van der Waals surface area contributed by atoms with Crippen LogP contribution in [0.1, 0.15) is 49.3 Å². The van der Waals surface area contributed by atoms with Gasteiger partial charge in [-0.3, -0.25) is 19.4 Å². The maximum absolute atomic E-state index is 14.4. The van der Waals surface area contributed by atoms with Gasteiger partial charge in [0.15, 0.2) is 0 Å². The van der Waals surface area contributed by atoms with E-state index >= 15 is 0 Å². The maximum atomic E-state index is 14.4. The molecule has 3 N–H and O–H groups in total. The van der Waals surface area contributed by atoms with Crippen molar-refractivity contribution in [2.75, 3.05) is 23.4 Å². The topological polar surface area (TPSA) is 109 Å². The first-order chi connectivity index (χ1) is 18.9. The smallest absolute Gasteiger partial charge is 0.368 e. The maximum Gasteiger partial charge on any atom is 0.416 e. The summed E-state index contributed by atoms with van der Waals surface area (Å²) < 4.78 is 41.4. The van der Waals surface area contributed by atoms with Crippen LogP contribution < -0.4 is 20.9 Å². The number of para-hydroxylation sites is 1. The van der Waals surface area contributed by atoms with Crippen molar-refractivity contribution < 1.29 is 27.6 Å². The van der Waals surface area contributed by atoms with Crippen molar-refractivity contribution in [1.82, 2.24) is 10.3 Å². The Morgan fingerprint density at radius 2 is 1.82 bits per heavy atom. The molecule has 1 aliphatic heterocycles. The van der Waals surface area contributed by atoms with Crippen LogP contribution in [0.4, 0.5) is 24.5 Å². The number of hydrogen-bond acceptors (Lipinski definition) is 5. The zero-order valence-electron chi connectivity index (χ0n) is 22.4. The first-order valence-electron chi connectivity index (χ1n) is 13.0. The minimum absolute atomic E-state index is 0.00681. The summed E-state index contributed by atoms with van der Waals surface area (Å²) in [5.74, 6) is -2.87. The molecule has 2 aliphatic rings. The minimum atomic E-state index is -4.68. The number of benzene rings is 2. The Morgan fingerprint density at radius 1 is 1.12 bits per heavy atom. The number of carbonyl (C=O) groups excluding carboxylic acids is 3. The van der Waals surface area contributed by atoms with Crippen LogP contribution in [0.3, 0.4) is 0 Å². The Morgan fingerprint density at radius 3 is 2.42 bits per heavy atom. The summed E-state index contributed by atoms with van der Waals surface area (Å²) >= 11 is 0. The van der Waals surface area contributed by atoms with Gasteiger partial charge in [-0.2, -0.15) is 13.2 Å². The summed E-state index contributed by atoms with van der Waals surface area (Å²) in [6.45, 7) is 2.34. The number of nitrogens with two attached hydrogens (primary N) is 1. The molecule has 5 rings (SSSR count). The fourth-order valence-electron chi connectivity index (χ4n) is 5.46. The number of rotatable bonds is 6. The molecule has 8 nitrogen and oxygen atoms in total. The largest absolute Gasteiger partial charge is 0.416 e. The fourth-order valence-corrected chi connectivity index (χ4v) is 5.46. The highest BCUT2D eigenvalue weighted by atomic mass is 19.4. The Hall–Kier alpha value is -3.99. The highest BCUT2D eigenvalue weighted by molar-refractivity contribution is 6.08. The number of amides is 3. The van der Waals surface area contributed by atoms with E-state index in [9.17, 15) is 27.6 Å². The average Bonchev–Trinajstić information content (AvgIpc) is 3.76. The Balaban J connectivity index is 1.76. The number of fused-ring (bicyclic) bond motifs is 2. The van der Waals surface area contributed by atoms with Crippen LogP contribution in [0.2, 0.25) is 0 Å². The normalized spacial score (nSPS) is 19.2. The van der Waals surface area contributed by atoms with E-state index in [2.05, 4.69) is 10.3 Å². The lowest BCUT2D eigenvalue weighted by Crippen LogP contribution is -2.63. The van der Waals surface area contributed by atoms with Gasteiger partial charge < -0.3 is 20.9 Å². The lowest BCUT2D eigenvalue weighted by atomic mass is 9.83. The third-order valence-corrected chi connectivity index (χ3v) is 8.18. The van der Waals surface area contributed by atoms with Gasteiger partial charge in [-0.15, -0.1) is 0 Å². The zero-order valence-corrected chi connectivity index (χ0v) is 22.4. The molecule has 0 saturated heterocycles. The van der Waals surface area contributed by atoms with Gasteiger partial charge >= 0.3 is 6.18 Å². The third-order valence-electron chi connectivity index (χ3n) is 8.18. The average molecular weight is 554 g/mol. The van der Waals surface area contributed by atoms with Crippen molar-refractivity contribution in [3.63, 3.8) is 0 Å². The number of primary amides is 1. The van der Waals surface area contributed by atoms with Gasteiger partial charge in [-0.1, -0.05) is 18.2 Å². The van der Waals surface area contributed by atoms with Gasteiger partial charge in [-0.25, -0.2) is 0 Å². The van der Waals surface area contributed by atoms with E-state index in [4.69, 9.17) is 5.73 Å². The standard InChI is InChI=1S/C29H30F3N5O3/c1-16(38)36-15-22(28(2,34-3)27(33)40)26(39)37(24-11-10-18(12-25(24)36)29(30,31)32)14-21-19-6-4-5-7-23(19)35-13-20(21)17-8-9-17/h4-7,10-13,17,22,34H,8-9,14-15H2,1-3H3,(H2,33,40)/t22-,28?/m1/s1. The lowest BCUT2D eigenvalue weighted by Gasteiger charge is -2.36. The van der Waals surface area contributed by atoms with Crippen molar-refractivity contribution >= 4 is 40.0 Å². The number of alkyl halides is 3. The summed E-state index contributed by atoms with van der Waals surface area (Å²) in [6.07, 6.45) is -0.948. The fraction of sp³-hybridized carbons (Fsp3) is 0.379. The first kappa shape index (κ1) is 27.6. The van der Waals surface area contributed by atoms with E-state index in [0.717, 1.165) is 51.9 Å². The van der Waals surface area contributed by atoms with Crippen molar-refractivity contribution in [3.05, 3.63) is 65.4 Å². The zero-order chi connectivity index (χ0) is 29.0. The molecule has 3 amide bonds. The van der Waals surface area contributed by atoms with Crippen LogP contribution >= 0.6 is 0 Å². The number of aromatic nitrogens is 1. The molecule has 2 atom stereocenters. The predicted molar refractivity (Wildman–Crippen MR) is 145 cm³/mol. The number of nitrogens with one attached hydrogen (secondary N) is 1. The number of anilines is 2. The van der Waals surface area contributed by atoms with Crippen LogP contribution in [0.5, 0.6) is 0 Å². The molecular weight excluding hydrogens is 523 g/mol. The Bertz CT molecular complexity index is 1520. The molecule has 1 aromatic heterocycles. The van der Waals surface area contributed by atoms with Crippen LogP contribution in [-0.2, 0) is 27.1 Å². The SMILES string of the molecule is CNC(C)(C(N)=O)[C@@H]1CN(C(C)=O)c2cc(C(F)(F)F)ccc2N(Cc2c(C3CC3)cnc3ccccc23)C1=O. The molecule has 1 unspecified atom stereocenters. The van der Waals surface area contributed by atoms with Gasteiger partial charge in [0, 0.05) is 25.1 Å². The van der Waals surface area contributed by atoms with Crippen LogP contribution in [0, 0.1) is 5.92 Å². The summed E-state index contributed by atoms with van der Waals surface area (Å²) in [6, 6.07) is 10.5. The van der Waals surface area contributed by atoms with E-state index in [-0.39, 0.29) is 30.4 Å². The second-order valence-electron chi connectivity index (χ2n) is 10.6. The summed E-state index contributed by atoms with van der Waals surface area (Å²) in [7, 11) is 1.47. The third kappa shape index (κ3) is 4.68. The summed E-state index contributed by atoms with van der Waals surface area (Å²) in [5.41, 5.74) is 5.78. The van der Waals surface area contributed by atoms with E-state index in [1.54, 1.807) is 6.20 Å². The van der Waals surface area contributed by atoms with E-state index in [1.807, 2.05) is 24.3 Å². The number of halogens is 3. The van der Waals surface area contributed by atoms with Gasteiger partial charge in [0.05, 0.1) is 34.9 Å². The van der Waals surface area contributed by atoms with Crippen molar-refractivity contribution in [1.29, 1.82) is 0 Å². The predicted octanol–water partition coefficient (Wildman–Crippen LogP) is 4.11. The molecule has 3 aromatic rings. The Labute approximate surface area is 229 Å². The Kier molecular flexibility index (Phi) is 6.81. The number of carbonyl (C=O) groups is 3. The van der Waals surface area contributed by atoms with Crippen molar-refractivity contribution in [3.8, 4) is 0 Å². The number of likely N-dealkylation sites (N-methyl/N-ethyl adjacent to an activating group) is 1. The van der Waals surface area contributed by atoms with Crippen LogP contribution in [0.15, 0.2) is 48.7 Å². The second kappa shape index (κ2) is 9.88. The molecule has 2 heterocycles. The number of pyridine rings is 1. The van der Waals surface area contributed by atoms with Gasteiger partial charge in [0.2, 0.25) is 17.7 Å². The molecule has 1 aliphatic carbocycles. The molecule has 1 fully saturated rings. The van der Waals surface area contributed by atoms with E-state index in [0.29, 0.717) is 0 Å². The van der Waals surface area contributed by atoms with E-state index in [1.165, 1.54) is 31.9 Å². The molecule has 1 saturated carbocycles. The second-order valence-corrected chi connectivity index (χ2v) is 10.6. The molecule has 2 aromatic carbocycles. The highest BCUT2D eigenvalue weighted by Gasteiger charge is 2.49. The molecule has 11 heteroatoms. The van der Waals surface area contributed by atoms with E-state index < -0.39 is 40.9 Å². The van der Waals surface area contributed by atoms with Gasteiger partial charge in [0.25, 0.3) is 0 Å². The van der Waals surface area contributed by atoms with Crippen LogP contribution in [-0.4, -0.2) is 41.8 Å². The number of hydrogen-bond donors (Lipinski definition) is 2. The molecule has 40 heavy (non-hydrogen) atoms. The molecule has 0 bridgehead atoms.